The summed E-state index contributed by atoms with van der Waals surface area (Å²) in [5.41, 5.74) is 2.84. The first-order valence-corrected chi connectivity index (χ1v) is 6.87. The van der Waals surface area contributed by atoms with E-state index < -0.39 is 11.7 Å². The molecule has 2 rings (SSSR count). The van der Waals surface area contributed by atoms with Crippen LogP contribution >= 0.6 is 0 Å². The van der Waals surface area contributed by atoms with Gasteiger partial charge in [-0.05, 0) is 38.8 Å². The van der Waals surface area contributed by atoms with Crippen molar-refractivity contribution < 1.29 is 9.53 Å². The van der Waals surface area contributed by atoms with Gasteiger partial charge in [0.15, 0.2) is 0 Å². The van der Waals surface area contributed by atoms with Gasteiger partial charge in [-0.3, -0.25) is 5.32 Å². The summed E-state index contributed by atoms with van der Waals surface area (Å²) in [4.78, 5) is 12.0. The SMILES string of the molecule is [CH2]c1cccc(-c2ccccc2)c1NC(=O)OC(C)(C)C. The molecule has 21 heavy (non-hydrogen) atoms. The van der Waals surface area contributed by atoms with Gasteiger partial charge in [-0.25, -0.2) is 4.79 Å². The summed E-state index contributed by atoms with van der Waals surface area (Å²) >= 11 is 0. The van der Waals surface area contributed by atoms with E-state index in [-0.39, 0.29) is 0 Å². The fourth-order valence-corrected chi connectivity index (χ4v) is 2.01. The molecule has 0 aliphatic heterocycles. The highest BCUT2D eigenvalue weighted by molar-refractivity contribution is 5.93. The smallest absolute Gasteiger partial charge is 0.412 e. The fourth-order valence-electron chi connectivity index (χ4n) is 2.01. The Kier molecular flexibility index (Phi) is 4.32. The van der Waals surface area contributed by atoms with E-state index in [4.69, 9.17) is 4.74 Å². The molecule has 0 saturated carbocycles. The van der Waals surface area contributed by atoms with Crippen molar-refractivity contribution in [3.63, 3.8) is 0 Å². The zero-order valence-corrected chi connectivity index (χ0v) is 12.6. The van der Waals surface area contributed by atoms with Crippen molar-refractivity contribution in [1.29, 1.82) is 0 Å². The van der Waals surface area contributed by atoms with Crippen molar-refractivity contribution in [3.8, 4) is 11.1 Å². The number of amides is 1. The van der Waals surface area contributed by atoms with E-state index in [1.54, 1.807) is 0 Å². The second kappa shape index (κ2) is 6.00. The van der Waals surface area contributed by atoms with Gasteiger partial charge in [0.05, 0.1) is 5.69 Å². The Bertz CT molecular complexity index is 627. The van der Waals surface area contributed by atoms with Crippen LogP contribution in [0.25, 0.3) is 11.1 Å². The lowest BCUT2D eigenvalue weighted by atomic mass is 10.0. The molecule has 0 aliphatic rings. The monoisotopic (exact) mass is 282 g/mol. The van der Waals surface area contributed by atoms with E-state index in [1.165, 1.54) is 0 Å². The summed E-state index contributed by atoms with van der Waals surface area (Å²) in [6, 6.07) is 15.6. The highest BCUT2D eigenvalue weighted by Crippen LogP contribution is 2.31. The Hall–Kier alpha value is -2.29. The van der Waals surface area contributed by atoms with Gasteiger partial charge in [0.25, 0.3) is 0 Å². The number of hydrogen-bond donors (Lipinski definition) is 1. The van der Waals surface area contributed by atoms with Gasteiger partial charge in [0.1, 0.15) is 5.60 Å². The summed E-state index contributed by atoms with van der Waals surface area (Å²) in [7, 11) is 0. The number of hydrogen-bond acceptors (Lipinski definition) is 2. The van der Waals surface area contributed by atoms with Gasteiger partial charge < -0.3 is 4.74 Å². The Labute approximate surface area is 126 Å². The third-order valence-corrected chi connectivity index (χ3v) is 2.86. The predicted molar refractivity (Wildman–Crippen MR) is 86.2 cm³/mol. The Morgan fingerprint density at radius 1 is 1.05 bits per heavy atom. The van der Waals surface area contributed by atoms with Crippen molar-refractivity contribution in [2.75, 3.05) is 5.32 Å². The number of carbonyl (C=O) groups excluding carboxylic acids is 1. The molecule has 1 radical (unpaired) electrons. The lowest BCUT2D eigenvalue weighted by molar-refractivity contribution is 0.0636. The largest absolute Gasteiger partial charge is 0.444 e. The molecule has 3 heteroatoms. The fraction of sp³-hybridized carbons (Fsp3) is 0.222. The first-order chi connectivity index (χ1) is 9.87. The zero-order valence-electron chi connectivity index (χ0n) is 12.6. The Balaban J connectivity index is 2.33. The van der Waals surface area contributed by atoms with E-state index in [0.29, 0.717) is 5.69 Å². The number of para-hydroxylation sites is 1. The van der Waals surface area contributed by atoms with Gasteiger partial charge in [0, 0.05) is 5.56 Å². The first-order valence-electron chi connectivity index (χ1n) is 6.87. The molecule has 109 valence electrons. The van der Waals surface area contributed by atoms with Crippen molar-refractivity contribution in [2.45, 2.75) is 26.4 Å². The molecule has 2 aromatic rings. The Morgan fingerprint density at radius 3 is 2.33 bits per heavy atom. The van der Waals surface area contributed by atoms with Crippen LogP contribution in [0.1, 0.15) is 26.3 Å². The summed E-state index contributed by atoms with van der Waals surface area (Å²) in [5.74, 6) is 0. The molecule has 1 N–H and O–H groups in total. The quantitative estimate of drug-likeness (QED) is 0.852. The Morgan fingerprint density at radius 2 is 1.71 bits per heavy atom. The summed E-state index contributed by atoms with van der Waals surface area (Å²) in [6.45, 7) is 9.49. The van der Waals surface area contributed by atoms with Crippen molar-refractivity contribution in [3.05, 3.63) is 61.0 Å². The third kappa shape index (κ3) is 4.09. The van der Waals surface area contributed by atoms with Crippen molar-refractivity contribution in [1.82, 2.24) is 0 Å². The number of rotatable bonds is 2. The highest BCUT2D eigenvalue weighted by atomic mass is 16.6. The molecule has 0 aliphatic carbocycles. The maximum atomic E-state index is 12.0. The molecule has 0 aromatic heterocycles. The van der Waals surface area contributed by atoms with Crippen LogP contribution < -0.4 is 5.32 Å². The van der Waals surface area contributed by atoms with Crippen LogP contribution in [-0.2, 0) is 4.74 Å². The summed E-state index contributed by atoms with van der Waals surface area (Å²) in [6.07, 6.45) is -0.476. The minimum Gasteiger partial charge on any atom is -0.444 e. The molecule has 3 nitrogen and oxygen atoms in total. The molecule has 0 unspecified atom stereocenters. The molecular formula is C18H20NO2. The third-order valence-electron chi connectivity index (χ3n) is 2.86. The molecule has 0 fully saturated rings. The summed E-state index contributed by atoms with van der Waals surface area (Å²) in [5, 5.41) is 2.81. The topological polar surface area (TPSA) is 38.3 Å². The predicted octanol–water partition coefficient (Wildman–Crippen LogP) is 4.88. The van der Waals surface area contributed by atoms with E-state index >= 15 is 0 Å². The maximum absolute atomic E-state index is 12.0. The highest BCUT2D eigenvalue weighted by Gasteiger charge is 2.18. The van der Waals surface area contributed by atoms with E-state index in [1.807, 2.05) is 69.3 Å². The van der Waals surface area contributed by atoms with Crippen LogP contribution in [0.4, 0.5) is 10.5 Å². The van der Waals surface area contributed by atoms with Crippen LogP contribution in [0.5, 0.6) is 0 Å². The standard InChI is InChI=1S/C18H20NO2/c1-13-9-8-12-15(14-10-6-5-7-11-14)16(13)19-17(20)21-18(2,3)4/h5-12H,1H2,2-4H3,(H,19,20). The minimum atomic E-state index is -0.535. The van der Waals surface area contributed by atoms with Gasteiger partial charge in [-0.1, -0.05) is 48.5 Å². The molecule has 0 spiro atoms. The molecule has 1 amide bonds. The molecule has 0 heterocycles. The second-order valence-electron chi connectivity index (χ2n) is 5.83. The number of ether oxygens (including phenoxy) is 1. The zero-order chi connectivity index (χ0) is 15.5. The van der Waals surface area contributed by atoms with E-state index in [9.17, 15) is 4.79 Å². The van der Waals surface area contributed by atoms with Crippen molar-refractivity contribution in [2.24, 2.45) is 0 Å². The van der Waals surface area contributed by atoms with Gasteiger partial charge in [-0.2, -0.15) is 0 Å². The van der Waals surface area contributed by atoms with E-state index in [2.05, 4.69) is 12.2 Å². The second-order valence-corrected chi connectivity index (χ2v) is 5.83. The van der Waals surface area contributed by atoms with Crippen LogP contribution in [0, 0.1) is 6.92 Å². The van der Waals surface area contributed by atoms with Gasteiger partial charge >= 0.3 is 6.09 Å². The van der Waals surface area contributed by atoms with Gasteiger partial charge in [-0.15, -0.1) is 0 Å². The van der Waals surface area contributed by atoms with Crippen LogP contribution in [0.3, 0.4) is 0 Å². The van der Waals surface area contributed by atoms with Gasteiger partial charge in [0.2, 0.25) is 0 Å². The lowest BCUT2D eigenvalue weighted by Crippen LogP contribution is -2.27. The average Bonchev–Trinajstić information content (AvgIpc) is 2.40. The molecule has 2 aromatic carbocycles. The molecule has 0 atom stereocenters. The lowest BCUT2D eigenvalue weighted by Gasteiger charge is -2.21. The van der Waals surface area contributed by atoms with Crippen LogP contribution in [0.15, 0.2) is 48.5 Å². The maximum Gasteiger partial charge on any atom is 0.412 e. The molecule has 0 saturated heterocycles. The number of carbonyl (C=O) groups is 1. The van der Waals surface area contributed by atoms with Crippen LogP contribution in [-0.4, -0.2) is 11.7 Å². The molecular weight excluding hydrogens is 262 g/mol. The first kappa shape index (κ1) is 15.1. The van der Waals surface area contributed by atoms with Crippen molar-refractivity contribution >= 4 is 11.8 Å². The number of benzene rings is 2. The minimum absolute atomic E-state index is 0.476. The van der Waals surface area contributed by atoms with Crippen LogP contribution in [0.2, 0.25) is 0 Å². The number of nitrogens with one attached hydrogen (secondary N) is 1. The number of anilines is 1. The average molecular weight is 282 g/mol. The summed E-state index contributed by atoms with van der Waals surface area (Å²) < 4.78 is 5.31. The normalized spacial score (nSPS) is 11.0. The molecule has 0 bridgehead atoms. The van der Waals surface area contributed by atoms with E-state index in [0.717, 1.165) is 16.7 Å².